The summed E-state index contributed by atoms with van der Waals surface area (Å²) in [6.07, 6.45) is 5.25. The van der Waals surface area contributed by atoms with Crippen molar-refractivity contribution < 1.29 is 5.11 Å². The Bertz CT molecular complexity index is 791. The molecule has 0 spiro atoms. The molecule has 1 heterocycles. The van der Waals surface area contributed by atoms with Gasteiger partial charge in [-0.3, -0.25) is 4.98 Å². The van der Waals surface area contributed by atoms with Gasteiger partial charge in [0.1, 0.15) is 0 Å². The molecule has 2 nitrogen and oxygen atoms in total. The van der Waals surface area contributed by atoms with Gasteiger partial charge in [0.25, 0.3) is 0 Å². The molecule has 104 valence electrons. The number of fused-ring (bicyclic) bond motifs is 2. The molecule has 2 atom stereocenters. The first-order chi connectivity index (χ1) is 10.3. The molecular formula is C19H17NO. The fraction of sp³-hybridized carbons (Fsp3) is 0.211. The maximum atomic E-state index is 10.9. The van der Waals surface area contributed by atoms with Crippen LogP contribution >= 0.6 is 0 Å². The number of benzene rings is 2. The van der Waals surface area contributed by atoms with E-state index in [2.05, 4.69) is 35.3 Å². The van der Waals surface area contributed by atoms with E-state index in [1.807, 2.05) is 24.4 Å². The summed E-state index contributed by atoms with van der Waals surface area (Å²) in [5.74, 6) is 0.187. The number of hydrogen-bond acceptors (Lipinski definition) is 2. The van der Waals surface area contributed by atoms with Crippen molar-refractivity contribution in [1.82, 2.24) is 4.98 Å². The average Bonchev–Trinajstić information content (AvgIpc) is 2.98. The van der Waals surface area contributed by atoms with Gasteiger partial charge in [-0.25, -0.2) is 0 Å². The van der Waals surface area contributed by atoms with Crippen LogP contribution in [0.25, 0.3) is 10.8 Å². The lowest BCUT2D eigenvalue weighted by Crippen LogP contribution is -2.08. The van der Waals surface area contributed by atoms with E-state index in [-0.39, 0.29) is 5.92 Å². The highest BCUT2D eigenvalue weighted by molar-refractivity contribution is 5.85. The second-order valence-corrected chi connectivity index (χ2v) is 5.73. The molecule has 4 rings (SSSR count). The summed E-state index contributed by atoms with van der Waals surface area (Å²) < 4.78 is 0. The quantitative estimate of drug-likeness (QED) is 0.767. The minimum Gasteiger partial charge on any atom is -0.388 e. The second kappa shape index (κ2) is 4.97. The summed E-state index contributed by atoms with van der Waals surface area (Å²) in [5.41, 5.74) is 3.66. The summed E-state index contributed by atoms with van der Waals surface area (Å²) in [7, 11) is 0. The van der Waals surface area contributed by atoms with E-state index in [1.54, 1.807) is 6.20 Å². The summed E-state index contributed by atoms with van der Waals surface area (Å²) in [4.78, 5) is 4.22. The molecule has 0 amide bonds. The van der Waals surface area contributed by atoms with E-state index in [9.17, 15) is 5.11 Å². The molecule has 2 heteroatoms. The summed E-state index contributed by atoms with van der Waals surface area (Å²) >= 11 is 0. The molecule has 1 aromatic heterocycles. The van der Waals surface area contributed by atoms with E-state index in [4.69, 9.17) is 0 Å². The zero-order valence-corrected chi connectivity index (χ0v) is 11.7. The fourth-order valence-electron chi connectivity index (χ4n) is 3.53. The Labute approximate surface area is 124 Å². The largest absolute Gasteiger partial charge is 0.388 e. The topological polar surface area (TPSA) is 33.1 Å². The number of pyridine rings is 1. The number of rotatable bonds is 2. The van der Waals surface area contributed by atoms with Gasteiger partial charge in [0.2, 0.25) is 0 Å². The van der Waals surface area contributed by atoms with Gasteiger partial charge in [-0.2, -0.15) is 0 Å². The highest BCUT2D eigenvalue weighted by Gasteiger charge is 2.29. The summed E-state index contributed by atoms with van der Waals surface area (Å²) in [5, 5.41) is 13.1. The first-order valence-corrected chi connectivity index (χ1v) is 7.43. The molecule has 0 bridgehead atoms. The molecule has 3 aromatic rings. The van der Waals surface area contributed by atoms with Crippen molar-refractivity contribution in [3.05, 3.63) is 77.6 Å². The summed E-state index contributed by atoms with van der Waals surface area (Å²) in [6, 6.07) is 16.6. The molecule has 0 fully saturated rings. The number of hydrogen-bond donors (Lipinski definition) is 1. The van der Waals surface area contributed by atoms with Gasteiger partial charge in [-0.05, 0) is 41.0 Å². The maximum absolute atomic E-state index is 10.9. The highest BCUT2D eigenvalue weighted by Crippen LogP contribution is 2.42. The fourth-order valence-corrected chi connectivity index (χ4v) is 3.53. The third-order valence-electron chi connectivity index (χ3n) is 4.60. The van der Waals surface area contributed by atoms with Gasteiger partial charge >= 0.3 is 0 Å². The minimum absolute atomic E-state index is 0.187. The van der Waals surface area contributed by atoms with Crippen molar-refractivity contribution in [2.24, 2.45) is 0 Å². The summed E-state index contributed by atoms with van der Waals surface area (Å²) in [6.45, 7) is 0. The van der Waals surface area contributed by atoms with Crippen LogP contribution < -0.4 is 0 Å². The second-order valence-electron chi connectivity index (χ2n) is 5.73. The van der Waals surface area contributed by atoms with E-state index in [1.165, 1.54) is 11.1 Å². The molecule has 2 unspecified atom stereocenters. The number of nitrogens with zero attached hydrogens (tertiary/aromatic N) is 1. The van der Waals surface area contributed by atoms with Crippen molar-refractivity contribution in [1.29, 1.82) is 0 Å². The predicted molar refractivity (Wildman–Crippen MR) is 84.2 cm³/mol. The average molecular weight is 275 g/mol. The van der Waals surface area contributed by atoms with E-state index < -0.39 is 6.10 Å². The molecule has 0 saturated carbocycles. The molecule has 0 radical (unpaired) electrons. The van der Waals surface area contributed by atoms with Crippen LogP contribution in [0, 0.1) is 0 Å². The Morgan fingerprint density at radius 1 is 1.05 bits per heavy atom. The predicted octanol–water partition coefficient (Wildman–Crippen LogP) is 4.00. The van der Waals surface area contributed by atoms with Crippen molar-refractivity contribution in [2.45, 2.75) is 24.9 Å². The molecule has 2 aromatic carbocycles. The molecule has 1 aliphatic carbocycles. The van der Waals surface area contributed by atoms with Crippen molar-refractivity contribution in [2.75, 3.05) is 0 Å². The Morgan fingerprint density at radius 3 is 2.90 bits per heavy atom. The molecule has 1 aliphatic rings. The number of aryl methyl sites for hydroxylation is 1. The van der Waals surface area contributed by atoms with E-state index in [0.29, 0.717) is 0 Å². The SMILES string of the molecule is OC(c1cccc2ccncc12)C1CCc2ccccc21. The van der Waals surface area contributed by atoms with Crippen molar-refractivity contribution in [3.8, 4) is 0 Å². The number of aliphatic hydroxyl groups is 1. The van der Waals surface area contributed by atoms with Crippen LogP contribution in [-0.2, 0) is 6.42 Å². The van der Waals surface area contributed by atoms with Gasteiger partial charge in [-0.1, -0.05) is 42.5 Å². The van der Waals surface area contributed by atoms with Gasteiger partial charge in [-0.15, -0.1) is 0 Å². The van der Waals surface area contributed by atoms with Gasteiger partial charge in [0.05, 0.1) is 6.10 Å². The van der Waals surface area contributed by atoms with E-state index in [0.717, 1.165) is 29.2 Å². The monoisotopic (exact) mass is 275 g/mol. The van der Waals surface area contributed by atoms with Crippen LogP contribution in [0.15, 0.2) is 60.9 Å². The maximum Gasteiger partial charge on any atom is 0.0865 e. The third-order valence-corrected chi connectivity index (χ3v) is 4.60. The standard InChI is InChI=1S/C19H17NO/c21-19(17-9-8-13-4-1-2-6-15(13)17)16-7-3-5-14-10-11-20-12-18(14)16/h1-7,10-12,17,19,21H,8-9H2. The lowest BCUT2D eigenvalue weighted by Gasteiger charge is -2.21. The Balaban J connectivity index is 1.80. The Kier molecular flexibility index (Phi) is 2.97. The van der Waals surface area contributed by atoms with Gasteiger partial charge in [0, 0.05) is 23.7 Å². The van der Waals surface area contributed by atoms with Gasteiger partial charge < -0.3 is 5.11 Å². The van der Waals surface area contributed by atoms with Crippen LogP contribution in [0.4, 0.5) is 0 Å². The lowest BCUT2D eigenvalue weighted by atomic mass is 9.88. The van der Waals surface area contributed by atoms with Crippen molar-refractivity contribution >= 4 is 10.8 Å². The molecule has 0 saturated heterocycles. The normalized spacial score (nSPS) is 18.6. The smallest absolute Gasteiger partial charge is 0.0865 e. The molecule has 1 N–H and O–H groups in total. The first-order valence-electron chi connectivity index (χ1n) is 7.43. The first kappa shape index (κ1) is 12.5. The van der Waals surface area contributed by atoms with Gasteiger partial charge in [0.15, 0.2) is 0 Å². The zero-order valence-electron chi connectivity index (χ0n) is 11.7. The Morgan fingerprint density at radius 2 is 1.95 bits per heavy atom. The molecular weight excluding hydrogens is 258 g/mol. The van der Waals surface area contributed by atoms with Crippen LogP contribution in [0.1, 0.15) is 35.1 Å². The third kappa shape index (κ3) is 2.03. The molecule has 0 aliphatic heterocycles. The Hall–Kier alpha value is -2.19. The minimum atomic E-state index is -0.471. The molecule has 21 heavy (non-hydrogen) atoms. The lowest BCUT2D eigenvalue weighted by molar-refractivity contribution is 0.146. The number of aromatic nitrogens is 1. The van der Waals surface area contributed by atoms with Crippen molar-refractivity contribution in [3.63, 3.8) is 0 Å². The van der Waals surface area contributed by atoms with E-state index >= 15 is 0 Å². The number of aliphatic hydroxyl groups excluding tert-OH is 1. The van der Waals surface area contributed by atoms with Crippen LogP contribution in [0.2, 0.25) is 0 Å². The van der Waals surface area contributed by atoms with Crippen LogP contribution in [0.5, 0.6) is 0 Å². The highest BCUT2D eigenvalue weighted by atomic mass is 16.3. The zero-order chi connectivity index (χ0) is 14.2. The van der Waals surface area contributed by atoms with Crippen LogP contribution in [0.3, 0.4) is 0 Å². The van der Waals surface area contributed by atoms with Crippen LogP contribution in [-0.4, -0.2) is 10.1 Å².